The number of aromatic nitrogens is 2. The topological polar surface area (TPSA) is 17.8 Å². The molecule has 0 spiro atoms. The summed E-state index contributed by atoms with van der Waals surface area (Å²) in [4.78, 5) is 0. The minimum absolute atomic E-state index is 0.647. The molecular formula is C11H11BrN2. The lowest BCUT2D eigenvalue weighted by atomic mass is 9.93. The fourth-order valence-corrected chi connectivity index (χ4v) is 2.33. The minimum atomic E-state index is 0.647. The third-order valence-corrected chi connectivity index (χ3v) is 3.47. The molecule has 72 valence electrons. The van der Waals surface area contributed by atoms with Gasteiger partial charge in [0.25, 0.3) is 0 Å². The van der Waals surface area contributed by atoms with Crippen molar-refractivity contribution in [1.29, 1.82) is 0 Å². The van der Waals surface area contributed by atoms with E-state index in [0.29, 0.717) is 6.04 Å². The van der Waals surface area contributed by atoms with Crippen LogP contribution < -0.4 is 0 Å². The molecule has 0 bridgehead atoms. The van der Waals surface area contributed by atoms with Crippen LogP contribution in [0.2, 0.25) is 0 Å². The van der Waals surface area contributed by atoms with Gasteiger partial charge in [-0.2, -0.15) is 5.10 Å². The van der Waals surface area contributed by atoms with Crippen LogP contribution >= 0.6 is 15.9 Å². The van der Waals surface area contributed by atoms with E-state index in [-0.39, 0.29) is 0 Å². The zero-order valence-electron chi connectivity index (χ0n) is 7.78. The molecule has 1 fully saturated rings. The second-order valence-corrected chi connectivity index (χ2v) is 4.79. The van der Waals surface area contributed by atoms with Crippen LogP contribution in [0.3, 0.4) is 0 Å². The summed E-state index contributed by atoms with van der Waals surface area (Å²) in [6.07, 6.45) is 5.88. The molecule has 1 heterocycles. The number of fused-ring (bicyclic) bond motifs is 1. The molecule has 0 saturated heterocycles. The first-order valence-corrected chi connectivity index (χ1v) is 5.77. The molecule has 14 heavy (non-hydrogen) atoms. The average molecular weight is 251 g/mol. The lowest BCUT2D eigenvalue weighted by molar-refractivity contribution is 0.297. The van der Waals surface area contributed by atoms with Crippen LogP contribution in [-0.4, -0.2) is 9.78 Å². The zero-order valence-corrected chi connectivity index (χ0v) is 9.37. The lowest BCUT2D eigenvalue weighted by Crippen LogP contribution is -2.17. The Kier molecular flexibility index (Phi) is 1.87. The van der Waals surface area contributed by atoms with Gasteiger partial charge in [-0.1, -0.05) is 15.9 Å². The van der Waals surface area contributed by atoms with Gasteiger partial charge in [-0.15, -0.1) is 0 Å². The second-order valence-electron chi connectivity index (χ2n) is 3.88. The maximum Gasteiger partial charge on any atom is 0.0686 e. The van der Waals surface area contributed by atoms with Gasteiger partial charge >= 0.3 is 0 Å². The van der Waals surface area contributed by atoms with E-state index in [1.165, 1.54) is 30.2 Å². The fraction of sp³-hybridized carbons (Fsp3) is 0.364. The van der Waals surface area contributed by atoms with Gasteiger partial charge in [0, 0.05) is 9.86 Å². The van der Waals surface area contributed by atoms with Crippen molar-refractivity contribution >= 4 is 26.8 Å². The molecule has 0 unspecified atom stereocenters. The van der Waals surface area contributed by atoms with E-state index in [0.717, 1.165) is 4.47 Å². The number of hydrogen-bond acceptors (Lipinski definition) is 1. The average Bonchev–Trinajstić information content (AvgIpc) is 2.45. The van der Waals surface area contributed by atoms with Crippen LogP contribution in [0.4, 0.5) is 0 Å². The predicted molar refractivity (Wildman–Crippen MR) is 60.3 cm³/mol. The highest BCUT2D eigenvalue weighted by molar-refractivity contribution is 9.10. The van der Waals surface area contributed by atoms with Crippen LogP contribution in [0.1, 0.15) is 25.3 Å². The summed E-state index contributed by atoms with van der Waals surface area (Å²) in [5.41, 5.74) is 1.26. The number of hydrogen-bond donors (Lipinski definition) is 0. The lowest BCUT2D eigenvalue weighted by Gasteiger charge is -2.26. The molecule has 0 radical (unpaired) electrons. The Hall–Kier alpha value is -0.830. The van der Waals surface area contributed by atoms with E-state index < -0.39 is 0 Å². The highest BCUT2D eigenvalue weighted by atomic mass is 79.9. The monoisotopic (exact) mass is 250 g/mol. The van der Waals surface area contributed by atoms with Crippen LogP contribution in [0.15, 0.2) is 28.9 Å². The zero-order chi connectivity index (χ0) is 9.54. The normalized spacial score (nSPS) is 17.2. The van der Waals surface area contributed by atoms with E-state index in [1.54, 1.807) is 0 Å². The number of rotatable bonds is 1. The first kappa shape index (κ1) is 8.48. The summed E-state index contributed by atoms with van der Waals surface area (Å²) in [5, 5.41) is 5.68. The van der Waals surface area contributed by atoms with E-state index in [4.69, 9.17) is 0 Å². The van der Waals surface area contributed by atoms with Crippen molar-refractivity contribution in [2.24, 2.45) is 0 Å². The van der Waals surface area contributed by atoms with Crippen molar-refractivity contribution < 1.29 is 0 Å². The van der Waals surface area contributed by atoms with Crippen molar-refractivity contribution in [3.8, 4) is 0 Å². The smallest absolute Gasteiger partial charge is 0.0686 e. The molecule has 1 saturated carbocycles. The Morgan fingerprint density at radius 3 is 2.93 bits per heavy atom. The highest BCUT2D eigenvalue weighted by Gasteiger charge is 2.21. The van der Waals surface area contributed by atoms with Gasteiger partial charge in [-0.05, 0) is 37.5 Å². The van der Waals surface area contributed by atoms with Gasteiger partial charge in [0.05, 0.1) is 17.8 Å². The Morgan fingerprint density at radius 1 is 1.36 bits per heavy atom. The van der Waals surface area contributed by atoms with Gasteiger partial charge in [-0.3, -0.25) is 4.68 Å². The highest BCUT2D eigenvalue weighted by Crippen LogP contribution is 2.33. The van der Waals surface area contributed by atoms with Crippen LogP contribution in [0, 0.1) is 0 Å². The van der Waals surface area contributed by atoms with Crippen LogP contribution in [-0.2, 0) is 0 Å². The third-order valence-electron chi connectivity index (χ3n) is 2.98. The number of benzene rings is 1. The summed E-state index contributed by atoms with van der Waals surface area (Å²) < 4.78 is 3.30. The van der Waals surface area contributed by atoms with Crippen molar-refractivity contribution in [2.45, 2.75) is 25.3 Å². The van der Waals surface area contributed by atoms with E-state index in [9.17, 15) is 0 Å². The molecule has 3 rings (SSSR count). The Bertz CT molecular complexity index is 471. The molecular weight excluding hydrogens is 240 g/mol. The first-order valence-electron chi connectivity index (χ1n) is 4.97. The second kappa shape index (κ2) is 3.09. The molecule has 3 heteroatoms. The van der Waals surface area contributed by atoms with Gasteiger partial charge in [0.1, 0.15) is 0 Å². The first-order chi connectivity index (χ1) is 6.84. The molecule has 1 aromatic carbocycles. The molecule has 1 aromatic heterocycles. The molecule has 1 aliphatic carbocycles. The van der Waals surface area contributed by atoms with Gasteiger partial charge < -0.3 is 0 Å². The van der Waals surface area contributed by atoms with Gasteiger partial charge in [0.2, 0.25) is 0 Å². The van der Waals surface area contributed by atoms with Crippen molar-refractivity contribution in [3.05, 3.63) is 28.9 Å². The van der Waals surface area contributed by atoms with Crippen LogP contribution in [0.25, 0.3) is 10.9 Å². The number of halogens is 1. The van der Waals surface area contributed by atoms with Gasteiger partial charge in [0.15, 0.2) is 0 Å². The molecule has 2 aromatic rings. The molecule has 0 aliphatic heterocycles. The fourth-order valence-electron chi connectivity index (χ4n) is 1.95. The van der Waals surface area contributed by atoms with Gasteiger partial charge in [-0.25, -0.2) is 0 Å². The summed E-state index contributed by atoms with van der Waals surface area (Å²) in [6, 6.07) is 7.00. The van der Waals surface area contributed by atoms with Crippen molar-refractivity contribution in [2.75, 3.05) is 0 Å². The SMILES string of the molecule is Brc1ccc2c(cnn2C2CCC2)c1. The summed E-state index contributed by atoms with van der Waals surface area (Å²) in [5.74, 6) is 0. The molecule has 0 amide bonds. The Balaban J connectivity index is 2.16. The Labute approximate surface area is 91.0 Å². The van der Waals surface area contributed by atoms with E-state index in [2.05, 4.69) is 43.9 Å². The minimum Gasteiger partial charge on any atom is -0.262 e. The summed E-state index contributed by atoms with van der Waals surface area (Å²) in [6.45, 7) is 0. The Morgan fingerprint density at radius 2 is 2.21 bits per heavy atom. The van der Waals surface area contributed by atoms with Crippen molar-refractivity contribution in [3.63, 3.8) is 0 Å². The summed E-state index contributed by atoms with van der Waals surface area (Å²) >= 11 is 3.47. The maximum atomic E-state index is 4.45. The maximum absolute atomic E-state index is 4.45. The predicted octanol–water partition coefficient (Wildman–Crippen LogP) is 3.52. The van der Waals surface area contributed by atoms with E-state index in [1.807, 2.05) is 6.20 Å². The van der Waals surface area contributed by atoms with Crippen LogP contribution in [0.5, 0.6) is 0 Å². The molecule has 0 atom stereocenters. The molecule has 2 nitrogen and oxygen atoms in total. The summed E-state index contributed by atoms with van der Waals surface area (Å²) in [7, 11) is 0. The molecule has 0 N–H and O–H groups in total. The quantitative estimate of drug-likeness (QED) is 0.758. The van der Waals surface area contributed by atoms with Crippen molar-refractivity contribution in [1.82, 2.24) is 9.78 Å². The van der Waals surface area contributed by atoms with E-state index >= 15 is 0 Å². The third kappa shape index (κ3) is 1.19. The standard InChI is InChI=1S/C11H11BrN2/c12-9-4-5-11-8(6-9)7-13-14(11)10-2-1-3-10/h4-7,10H,1-3H2. The number of nitrogens with zero attached hydrogens (tertiary/aromatic N) is 2. The largest absolute Gasteiger partial charge is 0.262 e. The molecule has 1 aliphatic rings.